The lowest BCUT2D eigenvalue weighted by Gasteiger charge is -1.99. The number of hydrogen-bond acceptors (Lipinski definition) is 4. The minimum atomic E-state index is -0.105. The molecule has 0 bridgehead atoms. The van der Waals surface area contributed by atoms with Crippen molar-refractivity contribution in [3.05, 3.63) is 23.2 Å². The smallest absolute Gasteiger partial charge is 0.221 e. The van der Waals surface area contributed by atoms with Crippen molar-refractivity contribution in [3.63, 3.8) is 0 Å². The summed E-state index contributed by atoms with van der Waals surface area (Å²) in [6, 6.07) is 5.51. The Kier molecular flexibility index (Phi) is 2.66. The van der Waals surface area contributed by atoms with Gasteiger partial charge in [-0.2, -0.15) is 0 Å². The van der Waals surface area contributed by atoms with E-state index in [9.17, 15) is 4.79 Å². The summed E-state index contributed by atoms with van der Waals surface area (Å²) in [7, 11) is 0. The number of thiazole rings is 1. The molecule has 0 unspecified atom stereocenters. The summed E-state index contributed by atoms with van der Waals surface area (Å²) < 4.78 is 1.01. The zero-order valence-corrected chi connectivity index (χ0v) is 8.97. The average molecular weight is 222 g/mol. The van der Waals surface area contributed by atoms with Gasteiger partial charge in [-0.1, -0.05) is 0 Å². The fraction of sp³-hybridized carbons (Fsp3) is 0.200. The molecule has 0 aliphatic heterocycles. The summed E-state index contributed by atoms with van der Waals surface area (Å²) in [5.41, 5.74) is 1.53. The van der Waals surface area contributed by atoms with E-state index in [1.165, 1.54) is 18.3 Å². The molecule has 2 rings (SSSR count). The first-order valence-corrected chi connectivity index (χ1v) is 5.28. The minimum Gasteiger partial charge on any atom is -0.389 e. The lowest BCUT2D eigenvalue weighted by molar-refractivity contribution is -0.114. The lowest BCUT2D eigenvalue weighted by atomic mass is 10.3. The van der Waals surface area contributed by atoms with Crippen LogP contribution in [0.1, 0.15) is 11.9 Å². The maximum atomic E-state index is 10.8. The molecular weight excluding hydrogens is 212 g/mol. The zero-order valence-electron chi connectivity index (χ0n) is 8.15. The molecule has 15 heavy (non-hydrogen) atoms. The standard InChI is InChI=1S/C10H10N2O2S/c1-6(14)11-7-2-3-9-8(4-7)12-10(5-13)15-9/h2-4,13H,5H2,1H3,(H,11,14). The van der Waals surface area contributed by atoms with Gasteiger partial charge in [0.25, 0.3) is 0 Å². The van der Waals surface area contributed by atoms with Crippen molar-refractivity contribution in [1.82, 2.24) is 4.98 Å². The number of amides is 1. The Morgan fingerprint density at radius 2 is 2.40 bits per heavy atom. The Morgan fingerprint density at radius 3 is 3.07 bits per heavy atom. The monoisotopic (exact) mass is 222 g/mol. The van der Waals surface area contributed by atoms with E-state index < -0.39 is 0 Å². The van der Waals surface area contributed by atoms with Crippen LogP contribution in [-0.2, 0) is 11.4 Å². The van der Waals surface area contributed by atoms with E-state index in [1.807, 2.05) is 12.1 Å². The van der Waals surface area contributed by atoms with Crippen molar-refractivity contribution in [2.24, 2.45) is 0 Å². The van der Waals surface area contributed by atoms with Crippen LogP contribution in [0, 0.1) is 0 Å². The molecule has 0 saturated carbocycles. The van der Waals surface area contributed by atoms with Crippen LogP contribution < -0.4 is 5.32 Å². The number of carbonyl (C=O) groups excluding carboxylic acids is 1. The van der Waals surface area contributed by atoms with Crippen LogP contribution in [0.3, 0.4) is 0 Å². The Morgan fingerprint density at radius 1 is 1.60 bits per heavy atom. The third-order valence-electron chi connectivity index (χ3n) is 1.89. The van der Waals surface area contributed by atoms with Gasteiger partial charge in [-0.05, 0) is 18.2 Å². The van der Waals surface area contributed by atoms with Gasteiger partial charge in [0.05, 0.1) is 16.8 Å². The molecule has 78 valence electrons. The van der Waals surface area contributed by atoms with Crippen LogP contribution in [0.2, 0.25) is 0 Å². The molecule has 0 atom stereocenters. The topological polar surface area (TPSA) is 62.2 Å². The SMILES string of the molecule is CC(=O)Nc1ccc2sc(CO)nc2c1. The zero-order chi connectivity index (χ0) is 10.8. The number of aliphatic hydroxyl groups excluding tert-OH is 1. The maximum absolute atomic E-state index is 10.8. The van der Waals surface area contributed by atoms with Crippen LogP contribution in [0.15, 0.2) is 18.2 Å². The second kappa shape index (κ2) is 3.96. The molecule has 1 heterocycles. The number of nitrogens with one attached hydrogen (secondary N) is 1. The summed E-state index contributed by atoms with van der Waals surface area (Å²) in [6.07, 6.45) is 0. The van der Waals surface area contributed by atoms with Crippen LogP contribution in [0.5, 0.6) is 0 Å². The molecule has 0 spiro atoms. The van der Waals surface area contributed by atoms with Crippen molar-refractivity contribution in [1.29, 1.82) is 0 Å². The van der Waals surface area contributed by atoms with E-state index in [0.717, 1.165) is 15.9 Å². The Balaban J connectivity index is 2.41. The highest BCUT2D eigenvalue weighted by molar-refractivity contribution is 7.18. The minimum absolute atomic E-state index is 0.0468. The normalized spacial score (nSPS) is 10.5. The highest BCUT2D eigenvalue weighted by atomic mass is 32.1. The number of nitrogens with zero attached hydrogens (tertiary/aromatic N) is 1. The predicted octanol–water partition coefficient (Wildman–Crippen LogP) is 1.75. The molecule has 0 radical (unpaired) electrons. The fourth-order valence-corrected chi connectivity index (χ4v) is 2.13. The van der Waals surface area contributed by atoms with E-state index >= 15 is 0 Å². The number of aliphatic hydroxyl groups is 1. The molecule has 4 nitrogen and oxygen atoms in total. The van der Waals surface area contributed by atoms with Gasteiger partial charge >= 0.3 is 0 Å². The van der Waals surface area contributed by atoms with Crippen LogP contribution >= 0.6 is 11.3 Å². The molecule has 0 fully saturated rings. The second-order valence-electron chi connectivity index (χ2n) is 3.13. The van der Waals surface area contributed by atoms with E-state index in [-0.39, 0.29) is 12.5 Å². The van der Waals surface area contributed by atoms with Gasteiger partial charge in [0.1, 0.15) is 5.01 Å². The first-order chi connectivity index (χ1) is 7.19. The van der Waals surface area contributed by atoms with E-state index in [1.54, 1.807) is 6.07 Å². The number of benzene rings is 1. The van der Waals surface area contributed by atoms with Crippen LogP contribution in [0.4, 0.5) is 5.69 Å². The van der Waals surface area contributed by atoms with Crippen molar-refractivity contribution < 1.29 is 9.90 Å². The molecular formula is C10H10N2O2S. The summed E-state index contributed by atoms with van der Waals surface area (Å²) in [5.74, 6) is -0.105. The summed E-state index contributed by atoms with van der Waals surface area (Å²) in [4.78, 5) is 15.1. The van der Waals surface area contributed by atoms with Gasteiger partial charge in [0, 0.05) is 12.6 Å². The van der Waals surface area contributed by atoms with Crippen molar-refractivity contribution in [2.75, 3.05) is 5.32 Å². The van der Waals surface area contributed by atoms with E-state index in [2.05, 4.69) is 10.3 Å². The van der Waals surface area contributed by atoms with Gasteiger partial charge in [-0.3, -0.25) is 4.79 Å². The van der Waals surface area contributed by atoms with Crippen molar-refractivity contribution in [3.8, 4) is 0 Å². The fourth-order valence-electron chi connectivity index (χ4n) is 1.32. The number of carbonyl (C=O) groups is 1. The summed E-state index contributed by atoms with van der Waals surface area (Å²) >= 11 is 1.45. The number of hydrogen-bond donors (Lipinski definition) is 2. The van der Waals surface area contributed by atoms with Crippen molar-refractivity contribution >= 4 is 33.1 Å². The first kappa shape index (κ1) is 10.1. The molecule has 0 aliphatic carbocycles. The highest BCUT2D eigenvalue weighted by Gasteiger charge is 2.04. The molecule has 1 amide bonds. The Hall–Kier alpha value is -1.46. The molecule has 2 N–H and O–H groups in total. The van der Waals surface area contributed by atoms with Gasteiger partial charge in [0.15, 0.2) is 0 Å². The van der Waals surface area contributed by atoms with Gasteiger partial charge in [0.2, 0.25) is 5.91 Å². The van der Waals surface area contributed by atoms with Crippen LogP contribution in [0.25, 0.3) is 10.2 Å². The Bertz CT molecular complexity index is 507. The van der Waals surface area contributed by atoms with E-state index in [0.29, 0.717) is 5.01 Å². The van der Waals surface area contributed by atoms with Gasteiger partial charge in [-0.15, -0.1) is 11.3 Å². The molecule has 1 aromatic heterocycles. The molecule has 2 aromatic rings. The Labute approximate surface area is 90.6 Å². The molecule has 5 heteroatoms. The number of aromatic nitrogens is 1. The van der Waals surface area contributed by atoms with Crippen molar-refractivity contribution in [2.45, 2.75) is 13.5 Å². The summed E-state index contributed by atoms with van der Waals surface area (Å²) in [6.45, 7) is 1.42. The maximum Gasteiger partial charge on any atom is 0.221 e. The summed E-state index contributed by atoms with van der Waals surface area (Å²) in [5, 5.41) is 12.3. The van der Waals surface area contributed by atoms with Gasteiger partial charge < -0.3 is 10.4 Å². The number of rotatable bonds is 2. The molecule has 0 aliphatic rings. The first-order valence-electron chi connectivity index (χ1n) is 4.47. The largest absolute Gasteiger partial charge is 0.389 e. The second-order valence-corrected chi connectivity index (χ2v) is 4.24. The van der Waals surface area contributed by atoms with Gasteiger partial charge in [-0.25, -0.2) is 4.98 Å². The third kappa shape index (κ3) is 2.14. The predicted molar refractivity (Wildman–Crippen MR) is 59.8 cm³/mol. The highest BCUT2D eigenvalue weighted by Crippen LogP contribution is 2.24. The average Bonchev–Trinajstić information content (AvgIpc) is 2.58. The third-order valence-corrected chi connectivity index (χ3v) is 2.91. The number of fused-ring (bicyclic) bond motifs is 1. The number of anilines is 1. The molecule has 0 saturated heterocycles. The quantitative estimate of drug-likeness (QED) is 0.813. The molecule has 1 aromatic carbocycles. The lowest BCUT2D eigenvalue weighted by Crippen LogP contribution is -2.05. The van der Waals surface area contributed by atoms with E-state index in [4.69, 9.17) is 5.11 Å². The van der Waals surface area contributed by atoms with Crippen LogP contribution in [-0.4, -0.2) is 16.0 Å².